The first-order valence-corrected chi connectivity index (χ1v) is 7.45. The number of ether oxygens (including phenoxy) is 3. The Hall–Kier alpha value is -3.15. The summed E-state index contributed by atoms with van der Waals surface area (Å²) >= 11 is 0. The van der Waals surface area contributed by atoms with Crippen LogP contribution in [0, 0.1) is 6.92 Å². The zero-order valence-electron chi connectivity index (χ0n) is 13.3. The second-order valence-corrected chi connectivity index (χ2v) is 5.32. The molecule has 6 nitrogen and oxygen atoms in total. The largest absolute Gasteiger partial charge is 0.484 e. The average Bonchev–Trinajstić information content (AvgIpc) is 3.05. The van der Waals surface area contributed by atoms with E-state index in [0.29, 0.717) is 22.9 Å². The Balaban J connectivity index is 1.48. The Labute approximate surface area is 140 Å². The fourth-order valence-corrected chi connectivity index (χ4v) is 2.19. The Kier molecular flexibility index (Phi) is 4.56. The summed E-state index contributed by atoms with van der Waals surface area (Å²) in [4.78, 5) is 11.8. The van der Waals surface area contributed by atoms with Gasteiger partial charge in [0.05, 0.1) is 5.70 Å². The van der Waals surface area contributed by atoms with Gasteiger partial charge in [0.25, 0.3) is 5.91 Å². The molecule has 2 aromatic rings. The van der Waals surface area contributed by atoms with Crippen molar-refractivity contribution in [2.45, 2.75) is 6.92 Å². The number of aryl methyl sites for hydroxylation is 1. The monoisotopic (exact) mass is 326 g/mol. The highest BCUT2D eigenvalue weighted by atomic mass is 16.7. The molecule has 0 bridgehead atoms. The van der Waals surface area contributed by atoms with Crippen LogP contribution in [0.2, 0.25) is 0 Å². The van der Waals surface area contributed by atoms with E-state index in [4.69, 9.17) is 14.2 Å². The van der Waals surface area contributed by atoms with Crippen molar-refractivity contribution in [3.05, 3.63) is 60.2 Å². The van der Waals surface area contributed by atoms with Crippen LogP contribution in [0.5, 0.6) is 17.2 Å². The SMILES string of the molecule is C=C(NNC(=O)COc1cccc(C)c1)c1ccc2c(c1)OCO2. The third-order valence-electron chi connectivity index (χ3n) is 3.43. The number of fused-ring (bicyclic) bond motifs is 1. The first kappa shape index (κ1) is 15.7. The van der Waals surface area contributed by atoms with Crippen molar-refractivity contribution < 1.29 is 19.0 Å². The lowest BCUT2D eigenvalue weighted by Gasteiger charge is -2.12. The molecule has 0 aromatic heterocycles. The molecule has 2 aromatic carbocycles. The van der Waals surface area contributed by atoms with Crippen LogP contribution in [-0.4, -0.2) is 19.3 Å². The van der Waals surface area contributed by atoms with Gasteiger partial charge in [-0.05, 0) is 42.8 Å². The summed E-state index contributed by atoms with van der Waals surface area (Å²) in [6.45, 7) is 5.97. The summed E-state index contributed by atoms with van der Waals surface area (Å²) in [6.07, 6.45) is 0. The summed E-state index contributed by atoms with van der Waals surface area (Å²) in [5.41, 5.74) is 7.72. The van der Waals surface area contributed by atoms with Gasteiger partial charge in [-0.25, -0.2) is 0 Å². The Morgan fingerprint density at radius 1 is 1.17 bits per heavy atom. The van der Waals surface area contributed by atoms with Gasteiger partial charge in [0.2, 0.25) is 6.79 Å². The van der Waals surface area contributed by atoms with Gasteiger partial charge in [0, 0.05) is 5.56 Å². The van der Waals surface area contributed by atoms with Gasteiger partial charge in [-0.3, -0.25) is 15.6 Å². The smallest absolute Gasteiger partial charge is 0.276 e. The Morgan fingerprint density at radius 2 is 2.00 bits per heavy atom. The van der Waals surface area contributed by atoms with E-state index in [1.807, 2.05) is 31.2 Å². The number of carbonyl (C=O) groups is 1. The number of hydrogen-bond donors (Lipinski definition) is 2. The second-order valence-electron chi connectivity index (χ2n) is 5.32. The highest BCUT2D eigenvalue weighted by Crippen LogP contribution is 2.33. The minimum absolute atomic E-state index is 0.0924. The van der Waals surface area contributed by atoms with Crippen molar-refractivity contribution in [3.63, 3.8) is 0 Å². The molecule has 0 radical (unpaired) electrons. The molecule has 0 saturated carbocycles. The molecule has 0 aliphatic carbocycles. The second kappa shape index (κ2) is 6.95. The molecule has 1 aliphatic rings. The maximum atomic E-state index is 11.8. The molecular formula is C18H18N2O4. The van der Waals surface area contributed by atoms with Crippen molar-refractivity contribution >= 4 is 11.6 Å². The predicted molar refractivity (Wildman–Crippen MR) is 89.6 cm³/mol. The zero-order valence-corrected chi connectivity index (χ0v) is 13.3. The van der Waals surface area contributed by atoms with Gasteiger partial charge >= 0.3 is 0 Å². The van der Waals surface area contributed by atoms with Crippen LogP contribution >= 0.6 is 0 Å². The average molecular weight is 326 g/mol. The van der Waals surface area contributed by atoms with E-state index >= 15 is 0 Å². The van der Waals surface area contributed by atoms with E-state index in [1.54, 1.807) is 18.2 Å². The van der Waals surface area contributed by atoms with Crippen molar-refractivity contribution in [1.82, 2.24) is 10.9 Å². The molecule has 24 heavy (non-hydrogen) atoms. The molecule has 6 heteroatoms. The molecule has 0 saturated heterocycles. The molecule has 1 amide bonds. The first-order valence-electron chi connectivity index (χ1n) is 7.45. The van der Waals surface area contributed by atoms with E-state index in [2.05, 4.69) is 17.4 Å². The van der Waals surface area contributed by atoms with Crippen molar-refractivity contribution in [2.75, 3.05) is 13.4 Å². The van der Waals surface area contributed by atoms with Gasteiger partial charge in [-0.2, -0.15) is 0 Å². The van der Waals surface area contributed by atoms with Crippen molar-refractivity contribution in [2.24, 2.45) is 0 Å². The lowest BCUT2D eigenvalue weighted by atomic mass is 10.1. The molecule has 0 spiro atoms. The zero-order chi connectivity index (χ0) is 16.9. The standard InChI is InChI=1S/C18H18N2O4/c1-12-4-3-5-15(8-12)22-10-18(21)20-19-13(2)14-6-7-16-17(9-14)24-11-23-16/h3-9,19H,2,10-11H2,1H3,(H,20,21). The third-order valence-corrected chi connectivity index (χ3v) is 3.43. The molecule has 1 aliphatic heterocycles. The lowest BCUT2D eigenvalue weighted by Crippen LogP contribution is -2.38. The number of hydrazine groups is 1. The summed E-state index contributed by atoms with van der Waals surface area (Å²) in [5, 5.41) is 0. The number of amides is 1. The number of benzene rings is 2. The van der Waals surface area contributed by atoms with Crippen molar-refractivity contribution in [1.29, 1.82) is 0 Å². The molecule has 0 unspecified atom stereocenters. The van der Waals surface area contributed by atoms with Gasteiger partial charge in [-0.1, -0.05) is 18.7 Å². The molecular weight excluding hydrogens is 308 g/mol. The summed E-state index contributed by atoms with van der Waals surface area (Å²) in [7, 11) is 0. The third kappa shape index (κ3) is 3.78. The molecule has 124 valence electrons. The highest BCUT2D eigenvalue weighted by molar-refractivity contribution is 5.78. The van der Waals surface area contributed by atoms with E-state index in [1.165, 1.54) is 0 Å². The van der Waals surface area contributed by atoms with Crippen LogP contribution in [0.25, 0.3) is 5.70 Å². The Morgan fingerprint density at radius 3 is 2.83 bits per heavy atom. The topological polar surface area (TPSA) is 68.8 Å². The number of nitrogens with one attached hydrogen (secondary N) is 2. The first-order chi connectivity index (χ1) is 11.6. The van der Waals surface area contributed by atoms with E-state index in [0.717, 1.165) is 11.1 Å². The maximum absolute atomic E-state index is 11.8. The highest BCUT2D eigenvalue weighted by Gasteiger charge is 2.14. The Bertz CT molecular complexity index is 773. The summed E-state index contributed by atoms with van der Waals surface area (Å²) in [5.74, 6) is 1.70. The van der Waals surface area contributed by atoms with E-state index < -0.39 is 0 Å². The fraction of sp³-hybridized carbons (Fsp3) is 0.167. The van der Waals surface area contributed by atoms with Gasteiger partial charge < -0.3 is 14.2 Å². The normalized spacial score (nSPS) is 11.7. The van der Waals surface area contributed by atoms with Crippen molar-refractivity contribution in [3.8, 4) is 17.2 Å². The van der Waals surface area contributed by atoms with Gasteiger partial charge in [-0.15, -0.1) is 0 Å². The van der Waals surface area contributed by atoms with Crippen LogP contribution in [0.1, 0.15) is 11.1 Å². The van der Waals surface area contributed by atoms with Crippen LogP contribution in [0.3, 0.4) is 0 Å². The lowest BCUT2D eigenvalue weighted by molar-refractivity contribution is -0.123. The van der Waals surface area contributed by atoms with Crippen LogP contribution in [0.4, 0.5) is 0 Å². The van der Waals surface area contributed by atoms with Gasteiger partial charge in [0.15, 0.2) is 18.1 Å². The number of hydrogen-bond acceptors (Lipinski definition) is 5. The predicted octanol–water partition coefficient (Wildman–Crippen LogP) is 2.39. The minimum atomic E-state index is -0.307. The molecule has 0 fully saturated rings. The maximum Gasteiger partial charge on any atom is 0.276 e. The minimum Gasteiger partial charge on any atom is -0.484 e. The molecule has 0 atom stereocenters. The number of rotatable bonds is 6. The van der Waals surface area contributed by atoms with Gasteiger partial charge in [0.1, 0.15) is 5.75 Å². The molecule has 3 rings (SSSR count). The quantitative estimate of drug-likeness (QED) is 0.798. The van der Waals surface area contributed by atoms with E-state index in [9.17, 15) is 4.79 Å². The number of carbonyl (C=O) groups excluding carboxylic acids is 1. The summed E-state index contributed by atoms with van der Waals surface area (Å²) in [6, 6.07) is 12.9. The van der Waals surface area contributed by atoms with Crippen LogP contribution < -0.4 is 25.1 Å². The molecule has 2 N–H and O–H groups in total. The van der Waals surface area contributed by atoms with Crippen LogP contribution in [-0.2, 0) is 4.79 Å². The summed E-state index contributed by atoms with van der Waals surface area (Å²) < 4.78 is 16.0. The molecule has 1 heterocycles. The fourth-order valence-electron chi connectivity index (χ4n) is 2.19. The van der Waals surface area contributed by atoms with Crippen LogP contribution in [0.15, 0.2) is 49.0 Å². The van der Waals surface area contributed by atoms with E-state index in [-0.39, 0.29) is 19.3 Å².